The highest BCUT2D eigenvalue weighted by atomic mass is 32.2. The van der Waals surface area contributed by atoms with Crippen molar-refractivity contribution in [2.45, 2.75) is 30.8 Å². The van der Waals surface area contributed by atoms with Gasteiger partial charge in [-0.15, -0.1) is 11.3 Å². The molecule has 1 N–H and O–H groups in total. The van der Waals surface area contributed by atoms with Crippen LogP contribution in [0.15, 0.2) is 40.3 Å². The van der Waals surface area contributed by atoms with Gasteiger partial charge in [0.05, 0.1) is 11.1 Å². The number of aryl methyl sites for hydroxylation is 2. The van der Waals surface area contributed by atoms with E-state index < -0.39 is 0 Å². The zero-order valence-electron chi connectivity index (χ0n) is 13.2. The van der Waals surface area contributed by atoms with Gasteiger partial charge in [0.2, 0.25) is 0 Å². The summed E-state index contributed by atoms with van der Waals surface area (Å²) in [7, 11) is 0. The normalized spacial score (nSPS) is 13.5. The predicted octanol–water partition coefficient (Wildman–Crippen LogP) is 3.41. The standard InChI is InChI=1S/C18H18N2O2S2/c21-10-5-11-23-18-19-16-15(13-8-4-9-14(13)24-16)17(22)20(18)12-6-2-1-3-7-12/h1-3,6-7,21H,4-5,8-11H2. The Kier molecular flexibility index (Phi) is 4.43. The van der Waals surface area contributed by atoms with Crippen molar-refractivity contribution in [3.63, 3.8) is 0 Å². The smallest absolute Gasteiger partial charge is 0.267 e. The minimum absolute atomic E-state index is 0.0390. The van der Waals surface area contributed by atoms with Crippen LogP contribution in [0.25, 0.3) is 15.9 Å². The number of fused-ring (bicyclic) bond motifs is 3. The van der Waals surface area contributed by atoms with Gasteiger partial charge in [0.15, 0.2) is 5.16 Å². The van der Waals surface area contributed by atoms with Crippen molar-refractivity contribution in [3.05, 3.63) is 51.1 Å². The summed E-state index contributed by atoms with van der Waals surface area (Å²) in [5, 5.41) is 10.6. The van der Waals surface area contributed by atoms with Crippen LogP contribution >= 0.6 is 23.1 Å². The third-order valence-corrected chi connectivity index (χ3v) is 6.47. The molecule has 0 atom stereocenters. The van der Waals surface area contributed by atoms with E-state index in [0.717, 1.165) is 40.9 Å². The first-order valence-electron chi connectivity index (χ1n) is 8.16. The zero-order chi connectivity index (χ0) is 16.5. The van der Waals surface area contributed by atoms with Crippen molar-refractivity contribution in [2.24, 2.45) is 0 Å². The molecule has 0 unspecified atom stereocenters. The van der Waals surface area contributed by atoms with Crippen molar-refractivity contribution in [2.75, 3.05) is 12.4 Å². The van der Waals surface area contributed by atoms with E-state index in [9.17, 15) is 4.79 Å². The van der Waals surface area contributed by atoms with Crippen molar-refractivity contribution >= 4 is 33.3 Å². The van der Waals surface area contributed by atoms with Crippen molar-refractivity contribution < 1.29 is 5.11 Å². The average Bonchev–Trinajstić information content (AvgIpc) is 3.16. The SMILES string of the molecule is O=c1c2c3c(sc2nc(SCCCO)n1-c1ccccc1)CCC3. The van der Waals surface area contributed by atoms with Crippen molar-refractivity contribution in [3.8, 4) is 5.69 Å². The van der Waals surface area contributed by atoms with Gasteiger partial charge in [0.25, 0.3) is 5.56 Å². The molecule has 4 rings (SSSR count). The van der Waals surface area contributed by atoms with Gasteiger partial charge in [-0.25, -0.2) is 4.98 Å². The van der Waals surface area contributed by atoms with Gasteiger partial charge in [-0.2, -0.15) is 0 Å². The maximum atomic E-state index is 13.3. The van der Waals surface area contributed by atoms with E-state index in [1.54, 1.807) is 15.9 Å². The molecule has 0 saturated heterocycles. The van der Waals surface area contributed by atoms with E-state index in [1.165, 1.54) is 22.2 Å². The summed E-state index contributed by atoms with van der Waals surface area (Å²) in [5.41, 5.74) is 2.10. The number of aliphatic hydroxyl groups excluding tert-OH is 1. The quantitative estimate of drug-likeness (QED) is 0.431. The van der Waals surface area contributed by atoms with Gasteiger partial charge >= 0.3 is 0 Å². The number of benzene rings is 1. The van der Waals surface area contributed by atoms with E-state index in [0.29, 0.717) is 11.6 Å². The second kappa shape index (κ2) is 6.70. The molecule has 124 valence electrons. The Bertz CT molecular complexity index is 932. The maximum Gasteiger partial charge on any atom is 0.267 e. The van der Waals surface area contributed by atoms with E-state index >= 15 is 0 Å². The first-order chi connectivity index (χ1) is 11.8. The molecule has 1 aliphatic carbocycles. The molecule has 1 aromatic carbocycles. The number of hydrogen-bond acceptors (Lipinski definition) is 5. The Labute approximate surface area is 148 Å². The van der Waals surface area contributed by atoms with Gasteiger partial charge in [-0.1, -0.05) is 30.0 Å². The maximum absolute atomic E-state index is 13.3. The summed E-state index contributed by atoms with van der Waals surface area (Å²) >= 11 is 3.21. The monoisotopic (exact) mass is 358 g/mol. The molecule has 0 spiro atoms. The van der Waals surface area contributed by atoms with E-state index in [1.807, 2.05) is 30.3 Å². The lowest BCUT2D eigenvalue weighted by atomic mass is 10.2. The number of rotatable bonds is 5. The van der Waals surface area contributed by atoms with Crippen LogP contribution in [0.2, 0.25) is 0 Å². The summed E-state index contributed by atoms with van der Waals surface area (Å²) in [6.07, 6.45) is 3.87. The Morgan fingerprint density at radius 1 is 1.25 bits per heavy atom. The summed E-state index contributed by atoms with van der Waals surface area (Å²) in [6, 6.07) is 9.70. The fourth-order valence-corrected chi connectivity index (χ4v) is 5.39. The van der Waals surface area contributed by atoms with Crippen LogP contribution < -0.4 is 5.56 Å². The van der Waals surface area contributed by atoms with Gasteiger partial charge in [-0.3, -0.25) is 9.36 Å². The van der Waals surface area contributed by atoms with Crippen LogP contribution in [0, 0.1) is 0 Å². The highest BCUT2D eigenvalue weighted by molar-refractivity contribution is 7.99. The van der Waals surface area contributed by atoms with Crippen LogP contribution in [0.3, 0.4) is 0 Å². The average molecular weight is 358 g/mol. The molecule has 0 bridgehead atoms. The minimum atomic E-state index is 0.0390. The van der Waals surface area contributed by atoms with Crippen molar-refractivity contribution in [1.82, 2.24) is 9.55 Å². The molecule has 2 aromatic heterocycles. The fraction of sp³-hybridized carbons (Fsp3) is 0.333. The molecule has 1 aliphatic rings. The Morgan fingerprint density at radius 3 is 2.88 bits per heavy atom. The number of para-hydroxylation sites is 1. The van der Waals surface area contributed by atoms with Crippen LogP contribution in [0.1, 0.15) is 23.3 Å². The van der Waals surface area contributed by atoms with Crippen LogP contribution in [0.5, 0.6) is 0 Å². The van der Waals surface area contributed by atoms with E-state index in [-0.39, 0.29) is 12.2 Å². The zero-order valence-corrected chi connectivity index (χ0v) is 14.8. The molecule has 6 heteroatoms. The number of thioether (sulfide) groups is 1. The van der Waals surface area contributed by atoms with Crippen LogP contribution in [0.4, 0.5) is 0 Å². The Hall–Kier alpha value is -1.63. The number of aliphatic hydroxyl groups is 1. The summed E-state index contributed by atoms with van der Waals surface area (Å²) in [5.74, 6) is 0.742. The van der Waals surface area contributed by atoms with E-state index in [4.69, 9.17) is 10.1 Å². The Balaban J connectivity index is 1.93. The largest absolute Gasteiger partial charge is 0.396 e. The molecular formula is C18H18N2O2S2. The van der Waals surface area contributed by atoms with Crippen LogP contribution in [-0.2, 0) is 12.8 Å². The molecule has 0 saturated carbocycles. The topological polar surface area (TPSA) is 55.1 Å². The summed E-state index contributed by atoms with van der Waals surface area (Å²) in [4.78, 5) is 20.3. The van der Waals surface area contributed by atoms with Crippen LogP contribution in [-0.4, -0.2) is 27.0 Å². The van der Waals surface area contributed by atoms with Crippen molar-refractivity contribution in [1.29, 1.82) is 0 Å². The van der Waals surface area contributed by atoms with Gasteiger partial charge < -0.3 is 5.11 Å². The first-order valence-corrected chi connectivity index (χ1v) is 9.96. The number of hydrogen-bond donors (Lipinski definition) is 1. The molecule has 0 aliphatic heterocycles. The Morgan fingerprint density at radius 2 is 2.08 bits per heavy atom. The second-order valence-corrected chi connectivity index (χ2v) is 7.98. The van der Waals surface area contributed by atoms with Gasteiger partial charge in [0.1, 0.15) is 4.83 Å². The predicted molar refractivity (Wildman–Crippen MR) is 99.7 cm³/mol. The number of thiophene rings is 1. The molecule has 0 fully saturated rings. The van der Waals surface area contributed by atoms with Gasteiger partial charge in [0, 0.05) is 17.2 Å². The molecule has 0 radical (unpaired) electrons. The summed E-state index contributed by atoms with van der Waals surface area (Å²) in [6.45, 7) is 0.151. The minimum Gasteiger partial charge on any atom is -0.396 e. The lowest BCUT2D eigenvalue weighted by molar-refractivity contribution is 0.296. The third kappa shape index (κ3) is 2.68. The third-order valence-electron chi connectivity index (χ3n) is 4.26. The first kappa shape index (κ1) is 15.9. The van der Waals surface area contributed by atoms with E-state index in [2.05, 4.69) is 0 Å². The molecule has 0 amide bonds. The molecule has 24 heavy (non-hydrogen) atoms. The lowest BCUT2D eigenvalue weighted by Gasteiger charge is -2.12. The number of nitrogens with zero attached hydrogens (tertiary/aromatic N) is 2. The molecular weight excluding hydrogens is 340 g/mol. The lowest BCUT2D eigenvalue weighted by Crippen LogP contribution is -2.22. The molecule has 4 nitrogen and oxygen atoms in total. The molecule has 3 aromatic rings. The fourth-order valence-electron chi connectivity index (χ4n) is 3.15. The molecule has 2 heterocycles. The van der Waals surface area contributed by atoms with Gasteiger partial charge in [-0.05, 0) is 43.4 Å². The highest BCUT2D eigenvalue weighted by Crippen LogP contribution is 2.36. The number of aromatic nitrogens is 2. The highest BCUT2D eigenvalue weighted by Gasteiger charge is 2.23. The summed E-state index contributed by atoms with van der Waals surface area (Å²) < 4.78 is 1.73. The second-order valence-electron chi connectivity index (χ2n) is 5.83.